The fraction of sp³-hybridized carbons (Fsp3) is 0.125. The highest BCUT2D eigenvalue weighted by atomic mass is 16.5. The van der Waals surface area contributed by atoms with Crippen LogP contribution in [0.25, 0.3) is 5.76 Å². The minimum Gasteiger partial charge on any atom is -0.508 e. The molecule has 0 aliphatic carbocycles. The van der Waals surface area contributed by atoms with Gasteiger partial charge in [-0.1, -0.05) is 42.5 Å². The summed E-state index contributed by atoms with van der Waals surface area (Å²) < 4.78 is 4.91. The van der Waals surface area contributed by atoms with Gasteiger partial charge in [0.15, 0.2) is 0 Å². The zero-order valence-corrected chi connectivity index (χ0v) is 11.1. The molecule has 19 heavy (non-hydrogen) atoms. The summed E-state index contributed by atoms with van der Waals surface area (Å²) in [6.07, 6.45) is 0. The van der Waals surface area contributed by atoms with Gasteiger partial charge in [-0.25, -0.2) is 0 Å². The second kappa shape index (κ2) is 7.11. The summed E-state index contributed by atoms with van der Waals surface area (Å²) in [6, 6.07) is 14.7. The maximum absolute atomic E-state index is 9.07. The zero-order valence-electron chi connectivity index (χ0n) is 11.1. The molecule has 2 aromatic rings. The number of aryl methyl sites for hydroxylation is 1. The molecule has 0 fully saturated rings. The molecule has 0 saturated heterocycles. The molecule has 3 heteroatoms. The van der Waals surface area contributed by atoms with Crippen molar-refractivity contribution >= 4 is 5.76 Å². The Morgan fingerprint density at radius 2 is 1.74 bits per heavy atom. The summed E-state index contributed by atoms with van der Waals surface area (Å²) >= 11 is 0. The Balaban J connectivity index is 0.000000218. The molecule has 0 aliphatic heterocycles. The van der Waals surface area contributed by atoms with E-state index in [0.29, 0.717) is 11.3 Å². The van der Waals surface area contributed by atoms with E-state index in [9.17, 15) is 0 Å². The molecule has 2 aromatic carbocycles. The van der Waals surface area contributed by atoms with Gasteiger partial charge >= 0.3 is 0 Å². The highest BCUT2D eigenvalue weighted by Gasteiger charge is 2.05. The fourth-order valence-electron chi connectivity index (χ4n) is 1.45. The smallest absolute Gasteiger partial charge is 0.133 e. The van der Waals surface area contributed by atoms with Crippen molar-refractivity contribution in [2.24, 2.45) is 0 Å². The van der Waals surface area contributed by atoms with Gasteiger partial charge in [0.2, 0.25) is 0 Å². The Morgan fingerprint density at radius 1 is 1.11 bits per heavy atom. The van der Waals surface area contributed by atoms with Crippen LogP contribution in [0.15, 0.2) is 55.1 Å². The normalized spacial score (nSPS) is 9.16. The van der Waals surface area contributed by atoms with Crippen LogP contribution in [0.1, 0.15) is 11.1 Å². The van der Waals surface area contributed by atoms with Crippen molar-refractivity contribution in [1.82, 2.24) is 0 Å². The van der Waals surface area contributed by atoms with Crippen molar-refractivity contribution in [2.45, 2.75) is 6.92 Å². The van der Waals surface area contributed by atoms with Crippen LogP contribution in [0.5, 0.6) is 11.5 Å². The molecule has 0 amide bonds. The number of aliphatic hydroxyl groups excluding tert-OH is 1. The van der Waals surface area contributed by atoms with Crippen molar-refractivity contribution < 1.29 is 14.9 Å². The Labute approximate surface area is 113 Å². The third-order valence-electron chi connectivity index (χ3n) is 2.44. The first-order valence-corrected chi connectivity index (χ1v) is 5.81. The first kappa shape index (κ1) is 14.6. The number of ether oxygens (including phenoxy) is 1. The van der Waals surface area contributed by atoms with Gasteiger partial charge in [0.05, 0.1) is 12.7 Å². The van der Waals surface area contributed by atoms with Crippen LogP contribution in [0.3, 0.4) is 0 Å². The molecule has 3 nitrogen and oxygen atoms in total. The average molecular weight is 258 g/mol. The van der Waals surface area contributed by atoms with E-state index < -0.39 is 0 Å². The van der Waals surface area contributed by atoms with E-state index in [1.807, 2.05) is 18.2 Å². The van der Waals surface area contributed by atoms with Gasteiger partial charge in [-0.05, 0) is 19.1 Å². The van der Waals surface area contributed by atoms with Crippen LogP contribution in [-0.4, -0.2) is 17.3 Å². The zero-order chi connectivity index (χ0) is 14.3. The monoisotopic (exact) mass is 258 g/mol. The average Bonchev–Trinajstić information content (AvgIpc) is 2.39. The summed E-state index contributed by atoms with van der Waals surface area (Å²) in [5.74, 6) is 0.422. The summed E-state index contributed by atoms with van der Waals surface area (Å²) in [4.78, 5) is 0. The summed E-state index contributed by atoms with van der Waals surface area (Å²) in [5, 5.41) is 18.1. The lowest BCUT2D eigenvalue weighted by Crippen LogP contribution is -1.89. The number of benzene rings is 2. The third kappa shape index (κ3) is 4.76. The van der Waals surface area contributed by atoms with Crippen molar-refractivity contribution in [3.05, 3.63) is 66.2 Å². The first-order chi connectivity index (χ1) is 9.04. The van der Waals surface area contributed by atoms with Crippen LogP contribution in [0.4, 0.5) is 0 Å². The van der Waals surface area contributed by atoms with Crippen LogP contribution in [0.2, 0.25) is 0 Å². The molecule has 0 saturated carbocycles. The maximum atomic E-state index is 9.07. The van der Waals surface area contributed by atoms with Gasteiger partial charge in [-0.15, -0.1) is 0 Å². The minimum atomic E-state index is -0.0770. The number of phenols is 1. The molecular weight excluding hydrogens is 240 g/mol. The molecule has 2 rings (SSSR count). The van der Waals surface area contributed by atoms with Crippen molar-refractivity contribution in [3.63, 3.8) is 0 Å². The van der Waals surface area contributed by atoms with E-state index >= 15 is 0 Å². The number of methoxy groups -OCH3 is 1. The van der Waals surface area contributed by atoms with E-state index in [1.165, 1.54) is 30.9 Å². The van der Waals surface area contributed by atoms with Gasteiger partial charge in [0.1, 0.15) is 17.3 Å². The molecule has 0 unspecified atom stereocenters. The lowest BCUT2D eigenvalue weighted by Gasteiger charge is -2.06. The molecule has 0 radical (unpaired) electrons. The topological polar surface area (TPSA) is 49.7 Å². The second-order valence-corrected chi connectivity index (χ2v) is 3.99. The van der Waals surface area contributed by atoms with Gasteiger partial charge in [0.25, 0.3) is 0 Å². The van der Waals surface area contributed by atoms with Gasteiger partial charge in [-0.3, -0.25) is 0 Å². The van der Waals surface area contributed by atoms with E-state index in [0.717, 1.165) is 0 Å². The van der Waals surface area contributed by atoms with Crippen molar-refractivity contribution in [1.29, 1.82) is 0 Å². The predicted molar refractivity (Wildman–Crippen MR) is 77.5 cm³/mol. The van der Waals surface area contributed by atoms with E-state index in [1.54, 1.807) is 0 Å². The second-order valence-electron chi connectivity index (χ2n) is 3.99. The summed E-state index contributed by atoms with van der Waals surface area (Å²) in [6.45, 7) is 5.44. The van der Waals surface area contributed by atoms with Crippen LogP contribution < -0.4 is 4.74 Å². The molecule has 0 atom stereocenters. The third-order valence-corrected chi connectivity index (χ3v) is 2.44. The number of aliphatic hydroxyl groups is 1. The molecule has 0 aliphatic rings. The van der Waals surface area contributed by atoms with Crippen molar-refractivity contribution in [2.75, 3.05) is 7.11 Å². The lowest BCUT2D eigenvalue weighted by atomic mass is 10.1. The standard InChI is InChI=1S/C9H10O3.C7H8/c1-6(10)8-4-3-7(11)5-9(8)12-2;1-7-5-3-2-4-6-7/h3-5,10-11H,1H2,2H3;2-6H,1H3. The summed E-state index contributed by atoms with van der Waals surface area (Å²) in [5.41, 5.74) is 1.80. The number of hydrogen-bond acceptors (Lipinski definition) is 3. The quantitative estimate of drug-likeness (QED) is 0.802. The van der Waals surface area contributed by atoms with Gasteiger partial charge in [0, 0.05) is 6.07 Å². The van der Waals surface area contributed by atoms with Crippen LogP contribution >= 0.6 is 0 Å². The molecule has 0 heterocycles. The highest BCUT2D eigenvalue weighted by Crippen LogP contribution is 2.27. The Morgan fingerprint density at radius 3 is 2.16 bits per heavy atom. The summed E-state index contributed by atoms with van der Waals surface area (Å²) in [7, 11) is 1.46. The SMILES string of the molecule is C=C(O)c1ccc(O)cc1OC.Cc1ccccc1. The molecule has 2 N–H and O–H groups in total. The first-order valence-electron chi connectivity index (χ1n) is 5.81. The van der Waals surface area contributed by atoms with E-state index in [4.69, 9.17) is 14.9 Å². The van der Waals surface area contributed by atoms with E-state index in [2.05, 4.69) is 25.6 Å². The molecular formula is C16H18O3. The minimum absolute atomic E-state index is 0.0770. The Hall–Kier alpha value is -2.42. The Kier molecular flexibility index (Phi) is 5.48. The van der Waals surface area contributed by atoms with Crippen LogP contribution in [0, 0.1) is 6.92 Å². The maximum Gasteiger partial charge on any atom is 0.133 e. The number of phenolic OH excluding ortho intramolecular Hbond substituents is 1. The Bertz CT molecular complexity index is 533. The number of aromatic hydroxyl groups is 1. The molecule has 0 aromatic heterocycles. The predicted octanol–water partition coefficient (Wildman–Crippen LogP) is 3.92. The molecule has 0 spiro atoms. The molecule has 100 valence electrons. The van der Waals surface area contributed by atoms with Crippen molar-refractivity contribution in [3.8, 4) is 11.5 Å². The van der Waals surface area contributed by atoms with E-state index in [-0.39, 0.29) is 11.5 Å². The fourth-order valence-corrected chi connectivity index (χ4v) is 1.45. The van der Waals surface area contributed by atoms with Gasteiger partial charge in [-0.2, -0.15) is 0 Å². The van der Waals surface area contributed by atoms with Crippen LogP contribution in [-0.2, 0) is 0 Å². The number of hydrogen-bond donors (Lipinski definition) is 2. The number of rotatable bonds is 2. The highest BCUT2D eigenvalue weighted by molar-refractivity contribution is 5.63. The van der Waals surface area contributed by atoms with Gasteiger partial charge < -0.3 is 14.9 Å². The largest absolute Gasteiger partial charge is 0.508 e. The molecule has 0 bridgehead atoms. The lowest BCUT2D eigenvalue weighted by molar-refractivity contribution is 0.402.